The summed E-state index contributed by atoms with van der Waals surface area (Å²) in [5.74, 6) is 0. The average Bonchev–Trinajstić information content (AvgIpc) is 3.37. The maximum atomic E-state index is 2.47. The zero-order valence-corrected chi connectivity index (χ0v) is 27.1. The third-order valence-electron chi connectivity index (χ3n) is 10.9. The van der Waals surface area contributed by atoms with Crippen LogP contribution in [0.1, 0.15) is 25.0 Å². The van der Waals surface area contributed by atoms with E-state index in [1.807, 2.05) is 0 Å². The number of hydrogen-bond acceptors (Lipinski definition) is 2. The van der Waals surface area contributed by atoms with Gasteiger partial charge in [0.05, 0.1) is 0 Å². The molecule has 48 heavy (non-hydrogen) atoms. The van der Waals surface area contributed by atoms with Gasteiger partial charge in [-0.25, -0.2) is 0 Å². The molecule has 3 heteroatoms. The Labute approximate surface area is 282 Å². The molecule has 0 saturated heterocycles. The fourth-order valence-electron chi connectivity index (χ4n) is 8.66. The molecule has 0 N–H and O–H groups in total. The molecule has 0 saturated carbocycles. The Bertz CT molecular complexity index is 2390. The third-order valence-corrected chi connectivity index (χ3v) is 10.9. The van der Waals surface area contributed by atoms with Crippen LogP contribution in [0.2, 0.25) is 0 Å². The van der Waals surface area contributed by atoms with Gasteiger partial charge < -0.3 is 9.80 Å². The standard InChI is InChI=1S/C45H33BN2/c1-45(2)36-16-7-6-15-34(36)35-28-25-31(29-37(35)45)30-23-26-33(27-24-30)48-41-20-11-9-18-39(41)46-38-17-8-10-19-40(38)47(32-13-4-3-5-14-32)42-21-12-22-43(48)44(42)46/h3-29H,1-2H3. The van der Waals surface area contributed by atoms with Gasteiger partial charge in [0, 0.05) is 39.5 Å². The number of nitrogens with zero attached hydrogens (tertiary/aromatic N) is 2. The van der Waals surface area contributed by atoms with Gasteiger partial charge in [0.15, 0.2) is 0 Å². The molecular weight excluding hydrogens is 579 g/mol. The van der Waals surface area contributed by atoms with Crippen LogP contribution in [-0.4, -0.2) is 6.71 Å². The molecule has 2 aliphatic heterocycles. The number of para-hydroxylation sites is 3. The second kappa shape index (κ2) is 10.1. The van der Waals surface area contributed by atoms with Crippen LogP contribution in [0.25, 0.3) is 22.3 Å². The van der Waals surface area contributed by atoms with E-state index in [4.69, 9.17) is 0 Å². The van der Waals surface area contributed by atoms with Crippen LogP contribution in [0.5, 0.6) is 0 Å². The van der Waals surface area contributed by atoms with E-state index in [1.165, 1.54) is 78.2 Å². The Balaban J connectivity index is 1.11. The van der Waals surface area contributed by atoms with Crippen LogP contribution in [0.3, 0.4) is 0 Å². The van der Waals surface area contributed by atoms with Crippen molar-refractivity contribution in [1.82, 2.24) is 0 Å². The summed E-state index contributed by atoms with van der Waals surface area (Å²) in [7, 11) is 0. The SMILES string of the molecule is CC1(C)c2ccccc2-c2ccc(-c3ccc(N4c5ccccc5B5c6ccccc6N(c6ccccc6)c6cccc4c65)cc3)cc21. The van der Waals surface area contributed by atoms with E-state index in [9.17, 15) is 0 Å². The first-order valence-corrected chi connectivity index (χ1v) is 16.9. The molecule has 2 heterocycles. The Morgan fingerprint density at radius 3 is 1.62 bits per heavy atom. The minimum Gasteiger partial charge on any atom is -0.311 e. The molecular formula is C45H33BN2. The molecule has 7 aromatic rings. The molecule has 0 radical (unpaired) electrons. The van der Waals surface area contributed by atoms with Gasteiger partial charge >= 0.3 is 0 Å². The van der Waals surface area contributed by atoms with Crippen molar-refractivity contribution in [2.24, 2.45) is 0 Å². The lowest BCUT2D eigenvalue weighted by Crippen LogP contribution is -2.61. The van der Waals surface area contributed by atoms with Crippen molar-refractivity contribution in [2.75, 3.05) is 9.80 Å². The quantitative estimate of drug-likeness (QED) is 0.183. The van der Waals surface area contributed by atoms with Crippen LogP contribution >= 0.6 is 0 Å². The summed E-state index contributed by atoms with van der Waals surface area (Å²) in [4.78, 5) is 4.90. The number of benzene rings is 7. The first-order valence-electron chi connectivity index (χ1n) is 16.9. The van der Waals surface area contributed by atoms with Gasteiger partial charge in [0.1, 0.15) is 0 Å². The van der Waals surface area contributed by atoms with Crippen LogP contribution in [0.4, 0.5) is 34.1 Å². The van der Waals surface area contributed by atoms with Gasteiger partial charge in [-0.15, -0.1) is 0 Å². The van der Waals surface area contributed by atoms with Crippen LogP contribution in [0.15, 0.2) is 164 Å². The lowest BCUT2D eigenvalue weighted by molar-refractivity contribution is 0.660. The van der Waals surface area contributed by atoms with Gasteiger partial charge in [0.25, 0.3) is 6.71 Å². The second-order valence-electron chi connectivity index (χ2n) is 13.7. The van der Waals surface area contributed by atoms with E-state index in [2.05, 4.69) is 187 Å². The molecule has 0 aromatic heterocycles. The maximum absolute atomic E-state index is 2.47. The summed E-state index contributed by atoms with van der Waals surface area (Å²) in [5.41, 5.74) is 19.3. The Kier molecular flexibility index (Phi) is 5.75. The second-order valence-corrected chi connectivity index (χ2v) is 13.7. The van der Waals surface area contributed by atoms with Crippen molar-refractivity contribution >= 4 is 57.2 Å². The lowest BCUT2D eigenvalue weighted by Gasteiger charge is -2.44. The van der Waals surface area contributed by atoms with E-state index >= 15 is 0 Å². The van der Waals surface area contributed by atoms with Gasteiger partial charge in [-0.2, -0.15) is 0 Å². The normalized spacial score (nSPS) is 14.5. The highest BCUT2D eigenvalue weighted by molar-refractivity contribution is 7.00. The van der Waals surface area contributed by atoms with Crippen LogP contribution in [-0.2, 0) is 5.41 Å². The van der Waals surface area contributed by atoms with E-state index in [0.717, 1.165) is 5.69 Å². The zero-order valence-electron chi connectivity index (χ0n) is 27.1. The van der Waals surface area contributed by atoms with Crippen molar-refractivity contribution in [3.8, 4) is 22.3 Å². The summed E-state index contributed by atoms with van der Waals surface area (Å²) in [6.45, 7) is 4.85. The first-order chi connectivity index (χ1) is 23.6. The number of fused-ring (bicyclic) bond motifs is 7. The van der Waals surface area contributed by atoms with Gasteiger partial charge in [-0.1, -0.05) is 123 Å². The number of rotatable bonds is 3. The Morgan fingerprint density at radius 2 is 0.938 bits per heavy atom. The summed E-state index contributed by atoms with van der Waals surface area (Å²) in [6, 6.07) is 60.5. The molecule has 3 aliphatic rings. The smallest absolute Gasteiger partial charge is 0.252 e. The molecule has 7 aromatic carbocycles. The fraction of sp³-hybridized carbons (Fsp3) is 0.0667. The highest BCUT2D eigenvalue weighted by Gasteiger charge is 2.42. The summed E-state index contributed by atoms with van der Waals surface area (Å²) < 4.78 is 0. The predicted molar refractivity (Wildman–Crippen MR) is 203 cm³/mol. The van der Waals surface area contributed by atoms with Crippen molar-refractivity contribution < 1.29 is 0 Å². The Morgan fingerprint density at radius 1 is 0.417 bits per heavy atom. The monoisotopic (exact) mass is 612 g/mol. The maximum Gasteiger partial charge on any atom is 0.252 e. The molecule has 1 aliphatic carbocycles. The third kappa shape index (κ3) is 3.76. The van der Waals surface area contributed by atoms with Gasteiger partial charge in [0.2, 0.25) is 0 Å². The van der Waals surface area contributed by atoms with Gasteiger partial charge in [-0.05, 0) is 104 Å². The summed E-state index contributed by atoms with van der Waals surface area (Å²) in [5, 5.41) is 0. The van der Waals surface area contributed by atoms with Crippen molar-refractivity contribution in [3.63, 3.8) is 0 Å². The van der Waals surface area contributed by atoms with Crippen molar-refractivity contribution in [1.29, 1.82) is 0 Å². The molecule has 0 unspecified atom stereocenters. The fourth-order valence-corrected chi connectivity index (χ4v) is 8.66. The molecule has 0 atom stereocenters. The molecule has 226 valence electrons. The average molecular weight is 613 g/mol. The molecule has 0 spiro atoms. The van der Waals surface area contributed by atoms with Crippen molar-refractivity contribution in [3.05, 3.63) is 175 Å². The minimum atomic E-state index is -0.0193. The Hall–Kier alpha value is -5.80. The first kappa shape index (κ1) is 27.3. The van der Waals surface area contributed by atoms with Crippen LogP contribution < -0.4 is 26.2 Å². The largest absolute Gasteiger partial charge is 0.311 e. The molecule has 2 nitrogen and oxygen atoms in total. The predicted octanol–water partition coefficient (Wildman–Crippen LogP) is 9.74. The topological polar surface area (TPSA) is 6.48 Å². The van der Waals surface area contributed by atoms with E-state index in [-0.39, 0.29) is 12.1 Å². The van der Waals surface area contributed by atoms with E-state index in [1.54, 1.807) is 0 Å². The van der Waals surface area contributed by atoms with E-state index in [0.29, 0.717) is 0 Å². The minimum absolute atomic E-state index is 0.0193. The lowest BCUT2D eigenvalue weighted by atomic mass is 9.33. The highest BCUT2D eigenvalue weighted by atomic mass is 15.2. The highest BCUT2D eigenvalue weighted by Crippen LogP contribution is 2.50. The van der Waals surface area contributed by atoms with Crippen molar-refractivity contribution in [2.45, 2.75) is 19.3 Å². The molecule has 10 rings (SSSR count). The molecule has 0 amide bonds. The molecule has 0 fully saturated rings. The van der Waals surface area contributed by atoms with E-state index < -0.39 is 0 Å². The van der Waals surface area contributed by atoms with Gasteiger partial charge in [-0.3, -0.25) is 0 Å². The van der Waals surface area contributed by atoms with Crippen LogP contribution in [0, 0.1) is 0 Å². The zero-order chi connectivity index (χ0) is 32.0. The number of anilines is 6. The molecule has 0 bridgehead atoms. The number of hydrogen-bond donors (Lipinski definition) is 0. The summed E-state index contributed by atoms with van der Waals surface area (Å²) >= 11 is 0. The summed E-state index contributed by atoms with van der Waals surface area (Å²) in [6.07, 6.45) is 0.